The SMILES string of the molecule is N#Cc1ccc2nc(-c3ccccc3)oc2c1. The molecule has 1 aromatic heterocycles. The zero-order chi connectivity index (χ0) is 11.7. The Hall–Kier alpha value is -2.60. The number of nitriles is 1. The molecule has 0 radical (unpaired) electrons. The standard InChI is InChI=1S/C14H8N2O/c15-9-10-6-7-12-13(8-10)17-14(16-12)11-4-2-1-3-5-11/h1-8H. The molecule has 0 aliphatic carbocycles. The van der Waals surface area contributed by atoms with Crippen LogP contribution in [0.15, 0.2) is 52.9 Å². The number of aromatic nitrogens is 1. The van der Waals surface area contributed by atoms with Crippen LogP contribution in [0.4, 0.5) is 0 Å². The van der Waals surface area contributed by atoms with E-state index >= 15 is 0 Å². The van der Waals surface area contributed by atoms with Crippen molar-refractivity contribution < 1.29 is 4.42 Å². The second-order valence-electron chi connectivity index (χ2n) is 3.68. The van der Waals surface area contributed by atoms with Gasteiger partial charge in [-0.1, -0.05) is 18.2 Å². The maximum Gasteiger partial charge on any atom is 0.227 e. The fraction of sp³-hybridized carbons (Fsp3) is 0. The van der Waals surface area contributed by atoms with Gasteiger partial charge in [-0.15, -0.1) is 0 Å². The van der Waals surface area contributed by atoms with Gasteiger partial charge in [-0.3, -0.25) is 0 Å². The Kier molecular flexibility index (Phi) is 2.13. The average molecular weight is 220 g/mol. The Morgan fingerprint density at radius 3 is 2.65 bits per heavy atom. The van der Waals surface area contributed by atoms with Crippen molar-refractivity contribution in [2.45, 2.75) is 0 Å². The van der Waals surface area contributed by atoms with Crippen LogP contribution in [0.1, 0.15) is 5.56 Å². The van der Waals surface area contributed by atoms with E-state index in [2.05, 4.69) is 11.1 Å². The van der Waals surface area contributed by atoms with Crippen LogP contribution in [0.2, 0.25) is 0 Å². The summed E-state index contributed by atoms with van der Waals surface area (Å²) in [7, 11) is 0. The average Bonchev–Trinajstić information content (AvgIpc) is 2.82. The summed E-state index contributed by atoms with van der Waals surface area (Å²) in [5.41, 5.74) is 2.92. The normalized spacial score (nSPS) is 10.3. The van der Waals surface area contributed by atoms with Gasteiger partial charge in [-0.25, -0.2) is 4.98 Å². The first-order valence-corrected chi connectivity index (χ1v) is 5.23. The molecule has 0 spiro atoms. The van der Waals surface area contributed by atoms with Gasteiger partial charge in [0.2, 0.25) is 5.89 Å². The van der Waals surface area contributed by atoms with Gasteiger partial charge in [0.25, 0.3) is 0 Å². The minimum absolute atomic E-state index is 0.577. The number of benzene rings is 2. The van der Waals surface area contributed by atoms with Gasteiger partial charge in [0.15, 0.2) is 5.58 Å². The molecule has 0 saturated heterocycles. The summed E-state index contributed by atoms with van der Waals surface area (Å²) in [6, 6.07) is 17.0. The van der Waals surface area contributed by atoms with E-state index in [0.29, 0.717) is 17.0 Å². The van der Waals surface area contributed by atoms with E-state index in [-0.39, 0.29) is 0 Å². The van der Waals surface area contributed by atoms with Crippen LogP contribution >= 0.6 is 0 Å². The zero-order valence-corrected chi connectivity index (χ0v) is 8.92. The van der Waals surface area contributed by atoms with Crippen molar-refractivity contribution in [3.05, 3.63) is 54.1 Å². The van der Waals surface area contributed by atoms with Crippen molar-refractivity contribution in [3.63, 3.8) is 0 Å². The summed E-state index contributed by atoms with van der Waals surface area (Å²) < 4.78 is 5.63. The lowest BCUT2D eigenvalue weighted by Crippen LogP contribution is -1.74. The zero-order valence-electron chi connectivity index (χ0n) is 8.92. The minimum atomic E-state index is 0.577. The monoisotopic (exact) mass is 220 g/mol. The van der Waals surface area contributed by atoms with Crippen molar-refractivity contribution in [2.24, 2.45) is 0 Å². The fourth-order valence-corrected chi connectivity index (χ4v) is 1.70. The molecule has 3 nitrogen and oxygen atoms in total. The number of hydrogen-bond acceptors (Lipinski definition) is 3. The Balaban J connectivity index is 2.18. The molecule has 3 aromatic rings. The highest BCUT2D eigenvalue weighted by Gasteiger charge is 2.07. The number of oxazole rings is 1. The van der Waals surface area contributed by atoms with Gasteiger partial charge in [0.1, 0.15) is 5.52 Å². The van der Waals surface area contributed by atoms with Crippen molar-refractivity contribution >= 4 is 11.1 Å². The van der Waals surface area contributed by atoms with E-state index in [1.54, 1.807) is 18.2 Å². The highest BCUT2D eigenvalue weighted by molar-refractivity contribution is 5.77. The first-order valence-electron chi connectivity index (χ1n) is 5.23. The lowest BCUT2D eigenvalue weighted by atomic mass is 10.2. The van der Waals surface area contributed by atoms with Crippen molar-refractivity contribution in [3.8, 4) is 17.5 Å². The van der Waals surface area contributed by atoms with E-state index in [0.717, 1.165) is 11.1 Å². The minimum Gasteiger partial charge on any atom is -0.436 e. The summed E-state index contributed by atoms with van der Waals surface area (Å²) in [6.45, 7) is 0. The summed E-state index contributed by atoms with van der Waals surface area (Å²) in [6.07, 6.45) is 0. The smallest absolute Gasteiger partial charge is 0.227 e. The van der Waals surface area contributed by atoms with Crippen LogP contribution in [-0.4, -0.2) is 4.98 Å². The predicted octanol–water partition coefficient (Wildman–Crippen LogP) is 3.37. The number of fused-ring (bicyclic) bond motifs is 1. The van der Waals surface area contributed by atoms with E-state index in [1.165, 1.54) is 0 Å². The van der Waals surface area contributed by atoms with Crippen molar-refractivity contribution in [1.82, 2.24) is 4.98 Å². The Morgan fingerprint density at radius 2 is 1.88 bits per heavy atom. The third kappa shape index (κ3) is 1.66. The molecule has 0 amide bonds. The number of rotatable bonds is 1. The third-order valence-corrected chi connectivity index (χ3v) is 2.54. The van der Waals surface area contributed by atoms with Gasteiger partial charge in [-0.2, -0.15) is 5.26 Å². The van der Waals surface area contributed by atoms with Gasteiger partial charge in [0, 0.05) is 11.6 Å². The molecular formula is C14H8N2O. The van der Waals surface area contributed by atoms with E-state index in [4.69, 9.17) is 9.68 Å². The molecule has 0 unspecified atom stereocenters. The molecule has 0 atom stereocenters. The first kappa shape index (κ1) is 9.61. The number of nitrogens with zero attached hydrogens (tertiary/aromatic N) is 2. The molecule has 1 heterocycles. The van der Waals surface area contributed by atoms with E-state index in [1.807, 2.05) is 30.3 Å². The summed E-state index contributed by atoms with van der Waals surface area (Å²) in [5.74, 6) is 0.579. The van der Waals surface area contributed by atoms with Gasteiger partial charge in [-0.05, 0) is 24.3 Å². The Labute approximate surface area is 97.9 Å². The molecule has 0 N–H and O–H groups in total. The Bertz CT molecular complexity index is 708. The van der Waals surface area contributed by atoms with Crippen LogP contribution < -0.4 is 0 Å². The van der Waals surface area contributed by atoms with Crippen LogP contribution in [0, 0.1) is 11.3 Å². The second kappa shape index (κ2) is 3.76. The molecule has 2 aromatic carbocycles. The highest BCUT2D eigenvalue weighted by atomic mass is 16.3. The topological polar surface area (TPSA) is 49.8 Å². The highest BCUT2D eigenvalue weighted by Crippen LogP contribution is 2.24. The third-order valence-electron chi connectivity index (χ3n) is 2.54. The lowest BCUT2D eigenvalue weighted by molar-refractivity contribution is 0.620. The molecule has 0 fully saturated rings. The maximum atomic E-state index is 8.81. The van der Waals surface area contributed by atoms with Crippen molar-refractivity contribution in [2.75, 3.05) is 0 Å². The maximum absolute atomic E-state index is 8.81. The van der Waals surface area contributed by atoms with E-state index in [9.17, 15) is 0 Å². The van der Waals surface area contributed by atoms with Gasteiger partial charge in [0.05, 0.1) is 11.6 Å². The molecule has 3 rings (SSSR count). The summed E-state index contributed by atoms with van der Waals surface area (Å²) >= 11 is 0. The van der Waals surface area contributed by atoms with Crippen molar-refractivity contribution in [1.29, 1.82) is 5.26 Å². The van der Waals surface area contributed by atoms with Crippen LogP contribution in [-0.2, 0) is 0 Å². The van der Waals surface area contributed by atoms with Gasteiger partial charge < -0.3 is 4.42 Å². The van der Waals surface area contributed by atoms with Gasteiger partial charge >= 0.3 is 0 Å². The lowest BCUT2D eigenvalue weighted by Gasteiger charge is -1.91. The fourth-order valence-electron chi connectivity index (χ4n) is 1.70. The molecule has 80 valence electrons. The molecular weight excluding hydrogens is 212 g/mol. The first-order chi connectivity index (χ1) is 8.36. The number of hydrogen-bond donors (Lipinski definition) is 0. The van der Waals surface area contributed by atoms with Crippen LogP contribution in [0.3, 0.4) is 0 Å². The molecule has 17 heavy (non-hydrogen) atoms. The Morgan fingerprint density at radius 1 is 1.06 bits per heavy atom. The molecule has 3 heteroatoms. The van der Waals surface area contributed by atoms with Crippen LogP contribution in [0.5, 0.6) is 0 Å². The largest absolute Gasteiger partial charge is 0.436 e. The molecule has 0 saturated carbocycles. The second-order valence-corrected chi connectivity index (χ2v) is 3.68. The van der Waals surface area contributed by atoms with Crippen LogP contribution in [0.25, 0.3) is 22.6 Å². The van der Waals surface area contributed by atoms with E-state index < -0.39 is 0 Å². The summed E-state index contributed by atoms with van der Waals surface area (Å²) in [5, 5.41) is 8.81. The summed E-state index contributed by atoms with van der Waals surface area (Å²) in [4.78, 5) is 4.38. The molecule has 0 bridgehead atoms. The molecule has 0 aliphatic rings. The molecule has 0 aliphatic heterocycles. The predicted molar refractivity (Wildman–Crippen MR) is 64.2 cm³/mol. The quantitative estimate of drug-likeness (QED) is 0.631.